The maximum Gasteiger partial charge on any atom is 0.337 e. The number of esters is 1. The van der Waals surface area contributed by atoms with Crippen LogP contribution in [-0.4, -0.2) is 25.5 Å². The standard InChI is InChI=1S/C17H16F2N2O3/c1-10-3-4-11(17(23)24-2)7-14(10)20-9-16(22)21-15-8-12(18)5-6-13(15)19/h3-8,20H,9H2,1-2H3,(H,21,22). The highest BCUT2D eigenvalue weighted by Crippen LogP contribution is 2.18. The molecule has 0 bridgehead atoms. The molecular weight excluding hydrogens is 318 g/mol. The van der Waals surface area contributed by atoms with Crippen molar-refractivity contribution in [2.45, 2.75) is 6.92 Å². The molecule has 0 aromatic heterocycles. The van der Waals surface area contributed by atoms with Gasteiger partial charge in [-0.3, -0.25) is 4.79 Å². The predicted octanol–water partition coefficient (Wildman–Crippen LogP) is 3.11. The van der Waals surface area contributed by atoms with E-state index >= 15 is 0 Å². The Morgan fingerprint density at radius 3 is 2.54 bits per heavy atom. The lowest BCUT2D eigenvalue weighted by atomic mass is 10.1. The number of aryl methyl sites for hydroxylation is 1. The van der Waals surface area contributed by atoms with Crippen LogP contribution in [-0.2, 0) is 9.53 Å². The second kappa shape index (κ2) is 7.54. The minimum absolute atomic E-state index is 0.179. The summed E-state index contributed by atoms with van der Waals surface area (Å²) >= 11 is 0. The Kier molecular flexibility index (Phi) is 5.47. The van der Waals surface area contributed by atoms with Gasteiger partial charge in [0.2, 0.25) is 5.91 Å². The van der Waals surface area contributed by atoms with Gasteiger partial charge in [-0.05, 0) is 36.8 Å². The Bertz CT molecular complexity index is 778. The van der Waals surface area contributed by atoms with E-state index in [0.29, 0.717) is 11.3 Å². The molecule has 0 aliphatic rings. The Labute approximate surface area is 137 Å². The van der Waals surface area contributed by atoms with E-state index in [2.05, 4.69) is 15.4 Å². The van der Waals surface area contributed by atoms with Gasteiger partial charge in [0.15, 0.2) is 0 Å². The molecule has 126 valence electrons. The van der Waals surface area contributed by atoms with Crippen molar-refractivity contribution in [2.75, 3.05) is 24.3 Å². The van der Waals surface area contributed by atoms with Crippen LogP contribution in [0.4, 0.5) is 20.2 Å². The van der Waals surface area contributed by atoms with E-state index in [0.717, 1.165) is 23.8 Å². The first-order valence-corrected chi connectivity index (χ1v) is 7.08. The molecule has 0 spiro atoms. The zero-order valence-corrected chi connectivity index (χ0v) is 13.2. The smallest absolute Gasteiger partial charge is 0.337 e. The van der Waals surface area contributed by atoms with Crippen molar-refractivity contribution < 1.29 is 23.1 Å². The number of carbonyl (C=O) groups is 2. The molecule has 0 atom stereocenters. The van der Waals surface area contributed by atoms with Crippen molar-refractivity contribution in [3.63, 3.8) is 0 Å². The molecule has 0 fully saturated rings. The van der Waals surface area contributed by atoms with Gasteiger partial charge in [0.1, 0.15) is 11.6 Å². The molecule has 0 radical (unpaired) electrons. The van der Waals surface area contributed by atoms with E-state index < -0.39 is 23.5 Å². The van der Waals surface area contributed by atoms with Crippen molar-refractivity contribution in [1.29, 1.82) is 0 Å². The van der Waals surface area contributed by atoms with Gasteiger partial charge in [-0.1, -0.05) is 6.07 Å². The number of benzene rings is 2. The molecule has 1 amide bonds. The summed E-state index contributed by atoms with van der Waals surface area (Å²) in [7, 11) is 1.27. The van der Waals surface area contributed by atoms with Gasteiger partial charge in [-0.2, -0.15) is 0 Å². The zero-order chi connectivity index (χ0) is 17.7. The maximum atomic E-state index is 13.5. The maximum absolute atomic E-state index is 13.5. The molecule has 0 saturated heterocycles. The summed E-state index contributed by atoms with van der Waals surface area (Å²) in [5.41, 5.74) is 1.48. The topological polar surface area (TPSA) is 67.4 Å². The van der Waals surface area contributed by atoms with Crippen LogP contribution in [0.5, 0.6) is 0 Å². The average molecular weight is 334 g/mol. The largest absolute Gasteiger partial charge is 0.465 e. The number of hydrogen-bond acceptors (Lipinski definition) is 4. The second-order valence-corrected chi connectivity index (χ2v) is 5.05. The summed E-state index contributed by atoms with van der Waals surface area (Å²) in [5.74, 6) is -2.43. The summed E-state index contributed by atoms with van der Waals surface area (Å²) in [6.45, 7) is 1.62. The number of carbonyl (C=O) groups excluding carboxylic acids is 2. The SMILES string of the molecule is COC(=O)c1ccc(C)c(NCC(=O)Nc2cc(F)ccc2F)c1. The fourth-order valence-electron chi connectivity index (χ4n) is 2.02. The third-order valence-electron chi connectivity index (χ3n) is 3.30. The first-order valence-electron chi connectivity index (χ1n) is 7.08. The van der Waals surface area contributed by atoms with Crippen molar-refractivity contribution in [2.24, 2.45) is 0 Å². The van der Waals surface area contributed by atoms with Crippen molar-refractivity contribution in [3.8, 4) is 0 Å². The van der Waals surface area contributed by atoms with Gasteiger partial charge < -0.3 is 15.4 Å². The van der Waals surface area contributed by atoms with Crippen LogP contribution in [0, 0.1) is 18.6 Å². The van der Waals surface area contributed by atoms with Crippen LogP contribution in [0.15, 0.2) is 36.4 Å². The molecule has 0 aliphatic heterocycles. The fraction of sp³-hybridized carbons (Fsp3) is 0.176. The fourth-order valence-corrected chi connectivity index (χ4v) is 2.02. The lowest BCUT2D eigenvalue weighted by molar-refractivity contribution is -0.114. The molecular formula is C17H16F2N2O3. The van der Waals surface area contributed by atoms with E-state index in [1.54, 1.807) is 25.1 Å². The third kappa shape index (κ3) is 4.28. The number of nitrogens with one attached hydrogen (secondary N) is 2. The van der Waals surface area contributed by atoms with Gasteiger partial charge in [0.25, 0.3) is 0 Å². The van der Waals surface area contributed by atoms with Gasteiger partial charge in [0, 0.05) is 11.8 Å². The molecule has 2 aromatic rings. The van der Waals surface area contributed by atoms with Gasteiger partial charge in [0.05, 0.1) is 24.9 Å². The molecule has 24 heavy (non-hydrogen) atoms. The lowest BCUT2D eigenvalue weighted by Gasteiger charge is -2.11. The number of hydrogen-bond donors (Lipinski definition) is 2. The lowest BCUT2D eigenvalue weighted by Crippen LogP contribution is -2.22. The Morgan fingerprint density at radius 2 is 1.83 bits per heavy atom. The van der Waals surface area contributed by atoms with Gasteiger partial charge in [-0.15, -0.1) is 0 Å². The van der Waals surface area contributed by atoms with Crippen LogP contribution in [0.3, 0.4) is 0 Å². The number of ether oxygens (including phenoxy) is 1. The van der Waals surface area contributed by atoms with Crippen molar-refractivity contribution in [1.82, 2.24) is 0 Å². The molecule has 0 aliphatic carbocycles. The predicted molar refractivity (Wildman–Crippen MR) is 86.0 cm³/mol. The summed E-state index contributed by atoms with van der Waals surface area (Å²) in [6, 6.07) is 7.66. The number of halogens is 2. The molecule has 2 rings (SSSR count). The molecule has 2 N–H and O–H groups in total. The molecule has 0 unspecified atom stereocenters. The monoisotopic (exact) mass is 334 g/mol. The van der Waals surface area contributed by atoms with Crippen molar-refractivity contribution in [3.05, 3.63) is 59.2 Å². The molecule has 7 heteroatoms. The Hall–Kier alpha value is -2.96. The highest BCUT2D eigenvalue weighted by Gasteiger charge is 2.11. The Morgan fingerprint density at radius 1 is 1.08 bits per heavy atom. The molecule has 0 saturated carbocycles. The normalized spacial score (nSPS) is 10.2. The van der Waals surface area contributed by atoms with Crippen LogP contribution in [0.1, 0.15) is 15.9 Å². The van der Waals surface area contributed by atoms with Crippen LogP contribution < -0.4 is 10.6 Å². The highest BCUT2D eigenvalue weighted by molar-refractivity contribution is 5.94. The quantitative estimate of drug-likeness (QED) is 0.825. The second-order valence-electron chi connectivity index (χ2n) is 5.05. The number of rotatable bonds is 5. The van der Waals surface area contributed by atoms with Crippen LogP contribution in [0.2, 0.25) is 0 Å². The third-order valence-corrected chi connectivity index (χ3v) is 3.30. The summed E-state index contributed by atoms with van der Waals surface area (Å²) in [5, 5.41) is 5.13. The van der Waals surface area contributed by atoms with E-state index in [1.807, 2.05) is 0 Å². The molecule has 0 heterocycles. The van der Waals surface area contributed by atoms with Crippen molar-refractivity contribution >= 4 is 23.3 Å². The molecule has 5 nitrogen and oxygen atoms in total. The van der Waals surface area contributed by atoms with Gasteiger partial charge >= 0.3 is 5.97 Å². The first kappa shape index (κ1) is 17.4. The zero-order valence-electron chi connectivity index (χ0n) is 13.2. The Balaban J connectivity index is 2.03. The summed E-state index contributed by atoms with van der Waals surface area (Å²) < 4.78 is 31.2. The first-order chi connectivity index (χ1) is 11.4. The minimum Gasteiger partial charge on any atom is -0.465 e. The van der Waals surface area contributed by atoms with Gasteiger partial charge in [-0.25, -0.2) is 13.6 Å². The summed E-state index contributed by atoms with van der Waals surface area (Å²) in [6.07, 6.45) is 0. The van der Waals surface area contributed by atoms with E-state index in [1.165, 1.54) is 7.11 Å². The average Bonchev–Trinajstić information content (AvgIpc) is 2.56. The van der Waals surface area contributed by atoms with Crippen LogP contribution in [0.25, 0.3) is 0 Å². The van der Waals surface area contributed by atoms with Crippen LogP contribution >= 0.6 is 0 Å². The number of anilines is 2. The highest BCUT2D eigenvalue weighted by atomic mass is 19.1. The van der Waals surface area contributed by atoms with E-state index in [-0.39, 0.29) is 12.2 Å². The molecule has 2 aromatic carbocycles. The minimum atomic E-state index is -0.728. The number of methoxy groups -OCH3 is 1. The van der Waals surface area contributed by atoms with E-state index in [9.17, 15) is 18.4 Å². The summed E-state index contributed by atoms with van der Waals surface area (Å²) in [4.78, 5) is 23.4. The van der Waals surface area contributed by atoms with E-state index in [4.69, 9.17) is 0 Å². The number of amides is 1.